The molecule has 0 aliphatic carbocycles. The number of esters is 3. The molecule has 1 atom stereocenters. The van der Waals surface area contributed by atoms with Crippen LogP contribution in [0.3, 0.4) is 0 Å². The summed E-state index contributed by atoms with van der Waals surface area (Å²) in [7, 11) is 0. The van der Waals surface area contributed by atoms with Gasteiger partial charge in [0.05, 0.1) is 0 Å². The molecule has 6 nitrogen and oxygen atoms in total. The standard InChI is InChI=1S/C60H106O6/c1-4-7-10-13-16-19-22-25-28-29-30-31-33-35-38-41-44-47-50-53-59(62)65-56-57(55-64-58(61)52-49-46-43-40-37-34-27-24-21-18-15-12-9-6-3)66-60(63)54-51-48-45-42-39-36-32-26-23-20-17-14-11-8-5-2/h16,19,24-28,30-32,57H,4-15,17-18,20-23,29,33-56H2,1-3H3/b19-16-,27-24-,28-25-,31-30-,32-26-. The largest absolute Gasteiger partial charge is 0.462 e. The Morgan fingerprint density at radius 3 is 0.894 bits per heavy atom. The smallest absolute Gasteiger partial charge is 0.306 e. The van der Waals surface area contributed by atoms with Crippen LogP contribution in [0.15, 0.2) is 60.8 Å². The van der Waals surface area contributed by atoms with Crippen LogP contribution in [0.4, 0.5) is 0 Å². The van der Waals surface area contributed by atoms with Gasteiger partial charge in [0.2, 0.25) is 0 Å². The Bertz CT molecular complexity index is 1200. The minimum Gasteiger partial charge on any atom is -0.462 e. The monoisotopic (exact) mass is 923 g/mol. The summed E-state index contributed by atoms with van der Waals surface area (Å²) in [5.41, 5.74) is 0. The van der Waals surface area contributed by atoms with Gasteiger partial charge in [-0.2, -0.15) is 0 Å². The molecule has 66 heavy (non-hydrogen) atoms. The van der Waals surface area contributed by atoms with Gasteiger partial charge in [0, 0.05) is 19.3 Å². The molecule has 0 radical (unpaired) electrons. The fraction of sp³-hybridized carbons (Fsp3) is 0.783. The lowest BCUT2D eigenvalue weighted by Crippen LogP contribution is -2.30. The van der Waals surface area contributed by atoms with Crippen LogP contribution < -0.4 is 0 Å². The summed E-state index contributed by atoms with van der Waals surface area (Å²) in [5.74, 6) is -0.906. The molecule has 0 aliphatic rings. The van der Waals surface area contributed by atoms with Crippen LogP contribution in [-0.2, 0) is 28.6 Å². The van der Waals surface area contributed by atoms with E-state index in [0.717, 1.165) is 96.3 Å². The number of ether oxygens (including phenoxy) is 3. The molecule has 382 valence electrons. The molecule has 0 bridgehead atoms. The van der Waals surface area contributed by atoms with Crippen LogP contribution in [0.1, 0.15) is 284 Å². The molecule has 0 aromatic heterocycles. The topological polar surface area (TPSA) is 78.9 Å². The van der Waals surface area contributed by atoms with Crippen LogP contribution in [0.2, 0.25) is 0 Å². The van der Waals surface area contributed by atoms with E-state index in [-0.39, 0.29) is 31.1 Å². The number of unbranched alkanes of at least 4 members (excludes halogenated alkanes) is 30. The highest BCUT2D eigenvalue weighted by Crippen LogP contribution is 2.14. The van der Waals surface area contributed by atoms with Crippen LogP contribution in [-0.4, -0.2) is 37.2 Å². The first kappa shape index (κ1) is 63.1. The first-order chi connectivity index (χ1) is 32.5. The Balaban J connectivity index is 4.41. The molecule has 0 aromatic rings. The van der Waals surface area contributed by atoms with Crippen molar-refractivity contribution in [2.24, 2.45) is 0 Å². The van der Waals surface area contributed by atoms with Crippen molar-refractivity contribution in [3.8, 4) is 0 Å². The number of carbonyl (C=O) groups is 3. The van der Waals surface area contributed by atoms with Gasteiger partial charge in [-0.25, -0.2) is 0 Å². The first-order valence-corrected chi connectivity index (χ1v) is 28.3. The van der Waals surface area contributed by atoms with Crippen LogP contribution >= 0.6 is 0 Å². The molecule has 6 heteroatoms. The molecule has 0 aromatic carbocycles. The van der Waals surface area contributed by atoms with E-state index in [4.69, 9.17) is 14.2 Å². The molecule has 0 saturated carbocycles. The molecule has 0 spiro atoms. The predicted molar refractivity (Wildman–Crippen MR) is 284 cm³/mol. The second-order valence-corrected chi connectivity index (χ2v) is 18.8. The van der Waals surface area contributed by atoms with E-state index in [1.54, 1.807) is 0 Å². The highest BCUT2D eigenvalue weighted by molar-refractivity contribution is 5.71. The second-order valence-electron chi connectivity index (χ2n) is 18.8. The summed E-state index contributed by atoms with van der Waals surface area (Å²) < 4.78 is 16.8. The number of carbonyl (C=O) groups excluding carboxylic acids is 3. The van der Waals surface area contributed by atoms with Crippen LogP contribution in [0.5, 0.6) is 0 Å². The zero-order valence-corrected chi connectivity index (χ0v) is 43.7. The second kappa shape index (κ2) is 54.7. The number of allylic oxidation sites excluding steroid dienone is 10. The van der Waals surface area contributed by atoms with Crippen molar-refractivity contribution in [1.82, 2.24) is 0 Å². The highest BCUT2D eigenvalue weighted by atomic mass is 16.6. The van der Waals surface area contributed by atoms with Crippen molar-refractivity contribution in [1.29, 1.82) is 0 Å². The van der Waals surface area contributed by atoms with Crippen molar-refractivity contribution >= 4 is 17.9 Å². The van der Waals surface area contributed by atoms with Crippen molar-refractivity contribution in [2.75, 3.05) is 13.2 Å². The Labute approximate surface area is 409 Å². The fourth-order valence-electron chi connectivity index (χ4n) is 7.91. The third kappa shape index (κ3) is 52.1. The molecule has 1 unspecified atom stereocenters. The van der Waals surface area contributed by atoms with Crippen molar-refractivity contribution < 1.29 is 28.6 Å². The number of rotatable bonds is 51. The van der Waals surface area contributed by atoms with Crippen molar-refractivity contribution in [2.45, 2.75) is 290 Å². The third-order valence-electron chi connectivity index (χ3n) is 12.2. The lowest BCUT2D eigenvalue weighted by Gasteiger charge is -2.18. The fourth-order valence-corrected chi connectivity index (χ4v) is 7.91. The maximum Gasteiger partial charge on any atom is 0.306 e. The van der Waals surface area contributed by atoms with E-state index in [1.807, 2.05) is 0 Å². The van der Waals surface area contributed by atoms with Gasteiger partial charge in [0.25, 0.3) is 0 Å². The lowest BCUT2D eigenvalue weighted by molar-refractivity contribution is -0.167. The predicted octanol–water partition coefficient (Wildman–Crippen LogP) is 18.8. The number of hydrogen-bond donors (Lipinski definition) is 0. The molecule has 0 N–H and O–H groups in total. The van der Waals surface area contributed by atoms with E-state index >= 15 is 0 Å². The SMILES string of the molecule is CCCCC/C=C\C/C=C\C/C=C\CCCCCCCCC(=O)OCC(COC(=O)CCCCCCC/C=C\CCCCCCC)OC(=O)CCCCCCC/C=C\CCCCCCCC. The lowest BCUT2D eigenvalue weighted by atomic mass is 10.1. The van der Waals surface area contributed by atoms with Gasteiger partial charge in [-0.05, 0) is 109 Å². The maximum absolute atomic E-state index is 12.8. The average Bonchev–Trinajstić information content (AvgIpc) is 3.31. The molecule has 0 aliphatic heterocycles. The normalized spacial score (nSPS) is 12.5. The molecule has 0 saturated heterocycles. The Morgan fingerprint density at radius 1 is 0.303 bits per heavy atom. The number of hydrogen-bond acceptors (Lipinski definition) is 6. The molecule has 0 heterocycles. The minimum absolute atomic E-state index is 0.0854. The van der Waals surface area contributed by atoms with Gasteiger partial charge in [0.15, 0.2) is 6.10 Å². The average molecular weight is 924 g/mol. The molecular formula is C60H106O6. The molecule has 0 fully saturated rings. The summed E-state index contributed by atoms with van der Waals surface area (Å²) in [6.45, 7) is 6.59. The van der Waals surface area contributed by atoms with Gasteiger partial charge in [-0.3, -0.25) is 14.4 Å². The summed E-state index contributed by atoms with van der Waals surface area (Å²) in [5, 5.41) is 0. The van der Waals surface area contributed by atoms with Gasteiger partial charge in [-0.15, -0.1) is 0 Å². The zero-order chi connectivity index (χ0) is 47.9. The Morgan fingerprint density at radius 2 is 0.545 bits per heavy atom. The summed E-state index contributed by atoms with van der Waals surface area (Å²) in [6.07, 6.45) is 67.7. The zero-order valence-electron chi connectivity index (χ0n) is 43.7. The van der Waals surface area contributed by atoms with Gasteiger partial charge >= 0.3 is 17.9 Å². The summed E-state index contributed by atoms with van der Waals surface area (Å²) >= 11 is 0. The van der Waals surface area contributed by atoms with Gasteiger partial charge < -0.3 is 14.2 Å². The molecular weight excluding hydrogens is 817 g/mol. The van der Waals surface area contributed by atoms with E-state index in [1.165, 1.54) is 148 Å². The van der Waals surface area contributed by atoms with Crippen molar-refractivity contribution in [3.63, 3.8) is 0 Å². The minimum atomic E-state index is -0.787. The molecule has 0 rings (SSSR count). The Kier molecular flexibility index (Phi) is 52.3. The van der Waals surface area contributed by atoms with E-state index in [2.05, 4.69) is 81.5 Å². The maximum atomic E-state index is 12.8. The summed E-state index contributed by atoms with van der Waals surface area (Å²) in [6, 6.07) is 0. The van der Waals surface area contributed by atoms with E-state index < -0.39 is 6.10 Å². The Hall–Kier alpha value is -2.89. The molecule has 0 amide bonds. The van der Waals surface area contributed by atoms with Crippen LogP contribution in [0.25, 0.3) is 0 Å². The summed E-state index contributed by atoms with van der Waals surface area (Å²) in [4.78, 5) is 38.1. The quantitative estimate of drug-likeness (QED) is 0.0262. The van der Waals surface area contributed by atoms with Crippen LogP contribution in [0, 0.1) is 0 Å². The van der Waals surface area contributed by atoms with Gasteiger partial charge in [0.1, 0.15) is 13.2 Å². The van der Waals surface area contributed by atoms with Gasteiger partial charge in [-0.1, -0.05) is 216 Å². The van der Waals surface area contributed by atoms with E-state index in [0.29, 0.717) is 19.3 Å². The first-order valence-electron chi connectivity index (χ1n) is 28.3. The van der Waals surface area contributed by atoms with E-state index in [9.17, 15) is 14.4 Å². The third-order valence-corrected chi connectivity index (χ3v) is 12.2. The van der Waals surface area contributed by atoms with Crippen molar-refractivity contribution in [3.05, 3.63) is 60.8 Å². The highest BCUT2D eigenvalue weighted by Gasteiger charge is 2.19.